The highest BCUT2D eigenvalue weighted by Crippen LogP contribution is 2.29. The molecule has 0 aliphatic carbocycles. The number of hydrogen-bond acceptors (Lipinski definition) is 3. The summed E-state index contributed by atoms with van der Waals surface area (Å²) in [6, 6.07) is 19.3. The maximum Gasteiger partial charge on any atom is 0.277 e. The molecule has 0 aliphatic rings. The van der Waals surface area contributed by atoms with Crippen LogP contribution in [0.5, 0.6) is 5.75 Å². The Kier molecular flexibility index (Phi) is 5.93. The van der Waals surface area contributed by atoms with Gasteiger partial charge in [0.2, 0.25) is 0 Å². The molecular weight excluding hydrogens is 421 g/mol. The average molecular weight is 440 g/mol. The van der Waals surface area contributed by atoms with Gasteiger partial charge in [0.25, 0.3) is 5.91 Å². The summed E-state index contributed by atoms with van der Waals surface area (Å²) in [5.74, 6) is -0.00103. The largest absolute Gasteiger partial charge is 0.482 e. The zero-order chi connectivity index (χ0) is 21.1. The van der Waals surface area contributed by atoms with E-state index in [0.717, 1.165) is 17.5 Å². The van der Waals surface area contributed by atoms with Crippen LogP contribution in [0.2, 0.25) is 10.0 Å². The summed E-state index contributed by atoms with van der Waals surface area (Å²) in [4.78, 5) is 12.0. The number of halogens is 2. The van der Waals surface area contributed by atoms with Crippen LogP contribution in [0, 0.1) is 0 Å². The van der Waals surface area contributed by atoms with Crippen molar-refractivity contribution in [3.05, 3.63) is 76.3 Å². The molecular formula is C23H19Cl2N3O2. The minimum absolute atomic E-state index is 0.207. The van der Waals surface area contributed by atoms with Gasteiger partial charge in [-0.2, -0.15) is 5.10 Å². The Hall–Kier alpha value is -3.02. The number of rotatable bonds is 6. The molecule has 0 bridgehead atoms. The second-order valence-electron chi connectivity index (χ2n) is 6.69. The Bertz CT molecular complexity index is 1260. The maximum atomic E-state index is 12.0. The number of fused-ring (bicyclic) bond motifs is 3. The van der Waals surface area contributed by atoms with E-state index in [0.29, 0.717) is 15.8 Å². The van der Waals surface area contributed by atoms with E-state index in [1.807, 2.05) is 18.2 Å². The van der Waals surface area contributed by atoms with Crippen molar-refractivity contribution in [2.45, 2.75) is 13.5 Å². The maximum absolute atomic E-state index is 12.0. The van der Waals surface area contributed by atoms with Gasteiger partial charge >= 0.3 is 0 Å². The molecule has 1 heterocycles. The molecule has 4 aromatic rings. The van der Waals surface area contributed by atoms with Gasteiger partial charge in [0.15, 0.2) is 6.61 Å². The van der Waals surface area contributed by atoms with Crippen molar-refractivity contribution in [2.24, 2.45) is 5.10 Å². The first-order chi connectivity index (χ1) is 14.6. The van der Waals surface area contributed by atoms with Crippen LogP contribution >= 0.6 is 23.2 Å². The lowest BCUT2D eigenvalue weighted by Gasteiger charge is -2.07. The fraction of sp³-hybridized carbons (Fsp3) is 0.130. The third-order valence-corrected chi connectivity index (χ3v) is 5.30. The van der Waals surface area contributed by atoms with E-state index < -0.39 is 0 Å². The normalized spacial score (nSPS) is 11.4. The first kappa shape index (κ1) is 20.3. The lowest BCUT2D eigenvalue weighted by molar-refractivity contribution is -0.123. The molecule has 0 saturated heterocycles. The molecule has 0 unspecified atom stereocenters. The number of nitrogens with one attached hydrogen (secondary N) is 1. The highest BCUT2D eigenvalue weighted by Gasteiger charge is 2.09. The van der Waals surface area contributed by atoms with Crippen LogP contribution in [0.15, 0.2) is 65.8 Å². The van der Waals surface area contributed by atoms with Gasteiger partial charge in [-0.1, -0.05) is 47.5 Å². The zero-order valence-corrected chi connectivity index (χ0v) is 17.7. The van der Waals surface area contributed by atoms with Crippen molar-refractivity contribution in [3.8, 4) is 5.75 Å². The molecule has 1 amide bonds. The minimum atomic E-state index is -0.388. The minimum Gasteiger partial charge on any atom is -0.482 e. The van der Waals surface area contributed by atoms with Crippen molar-refractivity contribution in [3.63, 3.8) is 0 Å². The number of aryl methyl sites for hydroxylation is 1. The van der Waals surface area contributed by atoms with Crippen LogP contribution in [0.4, 0.5) is 0 Å². The molecule has 0 aliphatic heterocycles. The van der Waals surface area contributed by atoms with E-state index >= 15 is 0 Å². The summed E-state index contributed by atoms with van der Waals surface area (Å²) in [6.45, 7) is 2.82. The molecule has 0 radical (unpaired) electrons. The highest BCUT2D eigenvalue weighted by molar-refractivity contribution is 6.35. The summed E-state index contributed by atoms with van der Waals surface area (Å²) in [7, 11) is 0. The monoisotopic (exact) mass is 439 g/mol. The fourth-order valence-electron chi connectivity index (χ4n) is 3.44. The molecule has 0 atom stereocenters. The van der Waals surface area contributed by atoms with Crippen LogP contribution in [0.1, 0.15) is 12.5 Å². The predicted octanol–water partition coefficient (Wildman–Crippen LogP) is 5.65. The first-order valence-corrected chi connectivity index (χ1v) is 10.2. The lowest BCUT2D eigenvalue weighted by atomic mass is 10.1. The van der Waals surface area contributed by atoms with Crippen LogP contribution in [-0.2, 0) is 11.3 Å². The molecule has 5 nitrogen and oxygen atoms in total. The smallest absolute Gasteiger partial charge is 0.277 e. The number of nitrogens with zero attached hydrogens (tertiary/aromatic N) is 2. The van der Waals surface area contributed by atoms with E-state index in [1.165, 1.54) is 16.4 Å². The molecule has 30 heavy (non-hydrogen) atoms. The highest BCUT2D eigenvalue weighted by atomic mass is 35.5. The zero-order valence-electron chi connectivity index (χ0n) is 16.2. The van der Waals surface area contributed by atoms with Crippen molar-refractivity contribution >= 4 is 57.1 Å². The molecule has 4 rings (SSSR count). The van der Waals surface area contributed by atoms with Crippen LogP contribution in [-0.4, -0.2) is 23.3 Å². The van der Waals surface area contributed by atoms with Gasteiger partial charge in [0.05, 0.1) is 11.2 Å². The number of para-hydroxylation sites is 1. The number of hydrazone groups is 1. The average Bonchev–Trinajstić information content (AvgIpc) is 3.06. The standard InChI is InChI=1S/C23H19Cl2N3O2/c1-2-28-20-6-4-3-5-17(20)18-11-15(7-9-21(18)28)13-26-27-23(29)14-30-22-10-8-16(24)12-19(22)25/h3-13H,2,14H2,1H3,(H,27,29)/b26-13+. The number of hydrogen-bond donors (Lipinski definition) is 1. The van der Waals surface area contributed by atoms with Gasteiger partial charge in [0.1, 0.15) is 5.75 Å². The van der Waals surface area contributed by atoms with Crippen molar-refractivity contribution in [2.75, 3.05) is 6.61 Å². The van der Waals surface area contributed by atoms with E-state index in [4.69, 9.17) is 27.9 Å². The molecule has 7 heteroatoms. The third-order valence-electron chi connectivity index (χ3n) is 4.77. The second-order valence-corrected chi connectivity index (χ2v) is 7.54. The Balaban J connectivity index is 1.45. The molecule has 3 aromatic carbocycles. The van der Waals surface area contributed by atoms with Gasteiger partial charge in [-0.05, 0) is 48.9 Å². The molecule has 152 valence electrons. The summed E-state index contributed by atoms with van der Waals surface area (Å²) >= 11 is 11.9. The molecule has 0 saturated carbocycles. The van der Waals surface area contributed by atoms with Crippen molar-refractivity contribution < 1.29 is 9.53 Å². The Morgan fingerprint density at radius 1 is 1.07 bits per heavy atom. The van der Waals surface area contributed by atoms with Crippen LogP contribution < -0.4 is 10.2 Å². The summed E-state index contributed by atoms with van der Waals surface area (Å²) < 4.78 is 7.68. The Morgan fingerprint density at radius 3 is 2.67 bits per heavy atom. The number of benzene rings is 3. The van der Waals surface area contributed by atoms with E-state index in [1.54, 1.807) is 24.4 Å². The number of amides is 1. The van der Waals surface area contributed by atoms with E-state index in [9.17, 15) is 4.79 Å². The van der Waals surface area contributed by atoms with Crippen LogP contribution in [0.3, 0.4) is 0 Å². The number of ether oxygens (including phenoxy) is 1. The fourth-order valence-corrected chi connectivity index (χ4v) is 3.90. The predicted molar refractivity (Wildman–Crippen MR) is 123 cm³/mol. The molecule has 1 N–H and O–H groups in total. The van der Waals surface area contributed by atoms with Gasteiger partial charge in [-0.15, -0.1) is 0 Å². The number of carbonyl (C=O) groups is 1. The SMILES string of the molecule is CCn1c2ccccc2c2cc(/C=N/NC(=O)COc3ccc(Cl)cc3Cl)ccc21. The molecule has 1 aromatic heterocycles. The molecule has 0 spiro atoms. The Labute approximate surface area is 183 Å². The third kappa shape index (κ3) is 4.13. The Morgan fingerprint density at radius 2 is 1.87 bits per heavy atom. The quantitative estimate of drug-likeness (QED) is 0.311. The van der Waals surface area contributed by atoms with Crippen molar-refractivity contribution in [1.29, 1.82) is 0 Å². The first-order valence-electron chi connectivity index (χ1n) is 9.47. The van der Waals surface area contributed by atoms with Crippen LogP contribution in [0.25, 0.3) is 21.8 Å². The topological polar surface area (TPSA) is 55.6 Å². The van der Waals surface area contributed by atoms with Gasteiger partial charge in [0, 0.05) is 33.4 Å². The van der Waals surface area contributed by atoms with Crippen molar-refractivity contribution in [1.82, 2.24) is 9.99 Å². The molecule has 0 fully saturated rings. The van der Waals surface area contributed by atoms with Gasteiger partial charge in [-0.3, -0.25) is 4.79 Å². The summed E-state index contributed by atoms with van der Waals surface area (Å²) in [6.07, 6.45) is 1.62. The second kappa shape index (κ2) is 8.78. The number of aromatic nitrogens is 1. The summed E-state index contributed by atoms with van der Waals surface area (Å²) in [5.41, 5.74) is 5.74. The van der Waals surface area contributed by atoms with E-state index in [2.05, 4.69) is 46.3 Å². The van der Waals surface area contributed by atoms with Gasteiger partial charge < -0.3 is 9.30 Å². The van der Waals surface area contributed by atoms with E-state index in [-0.39, 0.29) is 12.5 Å². The number of carbonyl (C=O) groups excluding carboxylic acids is 1. The summed E-state index contributed by atoms with van der Waals surface area (Å²) in [5, 5.41) is 7.24. The lowest BCUT2D eigenvalue weighted by Crippen LogP contribution is -2.24. The van der Waals surface area contributed by atoms with Gasteiger partial charge in [-0.25, -0.2) is 5.43 Å².